The van der Waals surface area contributed by atoms with Crippen LogP contribution in [0.5, 0.6) is 0 Å². The van der Waals surface area contributed by atoms with E-state index in [1.165, 1.54) is 43.4 Å². The van der Waals surface area contributed by atoms with Crippen LogP contribution in [0, 0.1) is 5.82 Å². The van der Waals surface area contributed by atoms with E-state index in [0.29, 0.717) is 12.1 Å². The van der Waals surface area contributed by atoms with Gasteiger partial charge in [0.25, 0.3) is 5.91 Å². The number of sulfonamides is 1. The van der Waals surface area contributed by atoms with Gasteiger partial charge >= 0.3 is 0 Å². The summed E-state index contributed by atoms with van der Waals surface area (Å²) < 4.78 is 39.2. The molecule has 0 bridgehead atoms. The highest BCUT2D eigenvalue weighted by molar-refractivity contribution is 7.89. The van der Waals surface area contributed by atoms with Gasteiger partial charge in [-0.3, -0.25) is 4.79 Å². The Morgan fingerprint density at radius 3 is 2.18 bits per heavy atom. The summed E-state index contributed by atoms with van der Waals surface area (Å²) >= 11 is 0. The SMILES string of the molecule is CNS(=O)(=O)c1ccc(C(=O)NCC2(c3ccc(F)cc3)CCCCC2)cc1. The van der Waals surface area contributed by atoms with Crippen LogP contribution in [0.2, 0.25) is 0 Å². The highest BCUT2D eigenvalue weighted by atomic mass is 32.2. The fourth-order valence-corrected chi connectivity index (χ4v) is 4.58. The standard InChI is InChI=1S/C21H25FN2O3S/c1-23-28(26,27)19-11-5-16(6-12-19)20(25)24-15-21(13-3-2-4-14-21)17-7-9-18(22)10-8-17/h5-12,23H,2-4,13-15H2,1H3,(H,24,25). The van der Waals surface area contributed by atoms with Crippen LogP contribution in [-0.2, 0) is 15.4 Å². The summed E-state index contributed by atoms with van der Waals surface area (Å²) in [6.07, 6.45) is 5.20. The Hall–Kier alpha value is -2.25. The summed E-state index contributed by atoms with van der Waals surface area (Å²) in [7, 11) is -2.19. The fourth-order valence-electron chi connectivity index (χ4n) is 3.85. The smallest absolute Gasteiger partial charge is 0.251 e. The number of benzene rings is 2. The van der Waals surface area contributed by atoms with Crippen molar-refractivity contribution in [3.8, 4) is 0 Å². The highest BCUT2D eigenvalue weighted by Crippen LogP contribution is 2.39. The van der Waals surface area contributed by atoms with E-state index in [9.17, 15) is 17.6 Å². The van der Waals surface area contributed by atoms with Crippen LogP contribution in [0.3, 0.4) is 0 Å². The molecule has 0 atom stereocenters. The average Bonchev–Trinajstić information content (AvgIpc) is 2.73. The van der Waals surface area contributed by atoms with E-state index >= 15 is 0 Å². The number of carbonyl (C=O) groups is 1. The van der Waals surface area contributed by atoms with E-state index in [4.69, 9.17) is 0 Å². The minimum absolute atomic E-state index is 0.113. The highest BCUT2D eigenvalue weighted by Gasteiger charge is 2.34. The van der Waals surface area contributed by atoms with Crippen LogP contribution in [-0.4, -0.2) is 27.9 Å². The van der Waals surface area contributed by atoms with Gasteiger partial charge < -0.3 is 5.32 Å². The summed E-state index contributed by atoms with van der Waals surface area (Å²) in [6.45, 7) is 0.466. The Morgan fingerprint density at radius 2 is 1.61 bits per heavy atom. The Kier molecular flexibility index (Phi) is 6.15. The third-order valence-corrected chi connectivity index (χ3v) is 6.98. The Balaban J connectivity index is 1.74. The lowest BCUT2D eigenvalue weighted by Crippen LogP contribution is -2.42. The second kappa shape index (κ2) is 8.41. The number of carbonyl (C=O) groups excluding carboxylic acids is 1. The van der Waals surface area contributed by atoms with Crippen molar-refractivity contribution in [3.05, 3.63) is 65.5 Å². The third-order valence-electron chi connectivity index (χ3n) is 5.55. The number of rotatable bonds is 6. The molecule has 0 unspecified atom stereocenters. The number of amides is 1. The maximum Gasteiger partial charge on any atom is 0.251 e. The van der Waals surface area contributed by atoms with Crippen LogP contribution >= 0.6 is 0 Å². The van der Waals surface area contributed by atoms with Crippen LogP contribution in [0.25, 0.3) is 0 Å². The fraction of sp³-hybridized carbons (Fsp3) is 0.381. The Labute approximate surface area is 165 Å². The molecule has 0 aliphatic heterocycles. The van der Waals surface area contributed by atoms with Crippen LogP contribution in [0.4, 0.5) is 4.39 Å². The van der Waals surface area contributed by atoms with Gasteiger partial charge in [0, 0.05) is 17.5 Å². The van der Waals surface area contributed by atoms with Crippen molar-refractivity contribution < 1.29 is 17.6 Å². The summed E-state index contributed by atoms with van der Waals surface area (Å²) in [5, 5.41) is 3.00. The lowest BCUT2D eigenvalue weighted by atomic mass is 9.69. The topological polar surface area (TPSA) is 75.3 Å². The van der Waals surface area contributed by atoms with Crippen LogP contribution in [0.1, 0.15) is 48.0 Å². The van der Waals surface area contributed by atoms with E-state index in [1.54, 1.807) is 0 Å². The van der Waals surface area contributed by atoms with E-state index in [-0.39, 0.29) is 22.0 Å². The second-order valence-electron chi connectivity index (χ2n) is 7.26. The first kappa shape index (κ1) is 20.5. The van der Waals surface area contributed by atoms with E-state index in [2.05, 4.69) is 10.0 Å². The monoisotopic (exact) mass is 404 g/mol. The molecular weight excluding hydrogens is 379 g/mol. The van der Waals surface area contributed by atoms with Gasteiger partial charge in [-0.15, -0.1) is 0 Å². The van der Waals surface area contributed by atoms with E-state index in [0.717, 1.165) is 37.7 Å². The summed E-state index contributed by atoms with van der Waals surface area (Å²) in [6, 6.07) is 12.4. The number of halogens is 1. The molecule has 2 aromatic rings. The molecule has 1 saturated carbocycles. The van der Waals surface area contributed by atoms with E-state index in [1.807, 2.05) is 12.1 Å². The van der Waals surface area contributed by atoms with Crippen molar-refractivity contribution in [1.29, 1.82) is 0 Å². The lowest BCUT2D eigenvalue weighted by Gasteiger charge is -2.38. The first-order chi connectivity index (χ1) is 13.4. The predicted molar refractivity (Wildman–Crippen MR) is 106 cm³/mol. The van der Waals surface area contributed by atoms with Crippen molar-refractivity contribution in [2.24, 2.45) is 0 Å². The maximum atomic E-state index is 13.3. The van der Waals surface area contributed by atoms with E-state index < -0.39 is 10.0 Å². The van der Waals surface area contributed by atoms with Crippen molar-refractivity contribution in [2.45, 2.75) is 42.4 Å². The quantitative estimate of drug-likeness (QED) is 0.775. The van der Waals surface area contributed by atoms with Crippen molar-refractivity contribution in [1.82, 2.24) is 10.0 Å². The van der Waals surface area contributed by atoms with Gasteiger partial charge in [-0.1, -0.05) is 31.4 Å². The maximum absolute atomic E-state index is 13.3. The molecular formula is C21H25FN2O3S. The molecule has 0 heterocycles. The molecule has 0 saturated heterocycles. The van der Waals surface area contributed by atoms with Gasteiger partial charge in [-0.25, -0.2) is 17.5 Å². The molecule has 3 rings (SSSR count). The Morgan fingerprint density at radius 1 is 1.00 bits per heavy atom. The minimum Gasteiger partial charge on any atom is -0.351 e. The number of hydrogen-bond acceptors (Lipinski definition) is 3. The zero-order chi connectivity index (χ0) is 20.2. The molecule has 2 N–H and O–H groups in total. The molecule has 0 spiro atoms. The van der Waals surface area contributed by atoms with Gasteiger partial charge in [0.15, 0.2) is 0 Å². The minimum atomic E-state index is -3.53. The molecule has 0 aromatic heterocycles. The summed E-state index contributed by atoms with van der Waals surface area (Å²) in [5.74, 6) is -0.518. The first-order valence-corrected chi connectivity index (χ1v) is 10.9. The molecule has 1 amide bonds. The largest absolute Gasteiger partial charge is 0.351 e. The normalized spacial score (nSPS) is 16.5. The molecule has 5 nitrogen and oxygen atoms in total. The Bertz CT molecular complexity index is 919. The molecule has 28 heavy (non-hydrogen) atoms. The van der Waals surface area contributed by atoms with Gasteiger partial charge in [0.1, 0.15) is 5.82 Å². The van der Waals surface area contributed by atoms with Gasteiger partial charge in [-0.05, 0) is 61.9 Å². The predicted octanol–water partition coefficient (Wildman–Crippen LogP) is 3.37. The van der Waals surface area contributed by atoms with Crippen molar-refractivity contribution >= 4 is 15.9 Å². The molecule has 7 heteroatoms. The molecule has 150 valence electrons. The number of hydrogen-bond donors (Lipinski definition) is 2. The van der Waals surface area contributed by atoms with Gasteiger partial charge in [0.05, 0.1) is 4.90 Å². The molecule has 2 aromatic carbocycles. The van der Waals surface area contributed by atoms with Crippen LogP contribution < -0.4 is 10.0 Å². The third kappa shape index (κ3) is 4.42. The first-order valence-electron chi connectivity index (χ1n) is 9.44. The zero-order valence-corrected chi connectivity index (χ0v) is 16.7. The van der Waals surface area contributed by atoms with Crippen LogP contribution in [0.15, 0.2) is 53.4 Å². The van der Waals surface area contributed by atoms with Gasteiger partial charge in [0.2, 0.25) is 10.0 Å². The van der Waals surface area contributed by atoms with Crippen molar-refractivity contribution in [2.75, 3.05) is 13.6 Å². The van der Waals surface area contributed by atoms with Gasteiger partial charge in [-0.2, -0.15) is 0 Å². The zero-order valence-electron chi connectivity index (χ0n) is 15.9. The molecule has 1 fully saturated rings. The number of nitrogens with one attached hydrogen (secondary N) is 2. The molecule has 1 aliphatic carbocycles. The average molecular weight is 405 g/mol. The molecule has 0 radical (unpaired) electrons. The summed E-state index contributed by atoms with van der Waals surface area (Å²) in [4.78, 5) is 12.7. The summed E-state index contributed by atoms with van der Waals surface area (Å²) in [5.41, 5.74) is 1.25. The lowest BCUT2D eigenvalue weighted by molar-refractivity contribution is 0.0936. The molecule has 1 aliphatic rings. The van der Waals surface area contributed by atoms with Crippen molar-refractivity contribution in [3.63, 3.8) is 0 Å². The second-order valence-corrected chi connectivity index (χ2v) is 9.15.